The Kier molecular flexibility index (Phi) is 3.16. The monoisotopic (exact) mass is 292 g/mol. The molecule has 0 saturated carbocycles. The van der Waals surface area contributed by atoms with Crippen molar-refractivity contribution in [1.29, 1.82) is 0 Å². The van der Waals surface area contributed by atoms with E-state index in [9.17, 15) is 0 Å². The van der Waals surface area contributed by atoms with Crippen LogP contribution in [-0.2, 0) is 20.0 Å². The fraction of sp³-hybridized carbons (Fsp3) is 0.231. The van der Waals surface area contributed by atoms with Crippen molar-refractivity contribution < 1.29 is 0 Å². The average molecular weight is 293 g/mol. The molecule has 1 aromatic carbocycles. The highest BCUT2D eigenvalue weighted by molar-refractivity contribution is 7.71. The first-order chi connectivity index (χ1) is 9.13. The van der Waals surface area contributed by atoms with Gasteiger partial charge in [0.05, 0.1) is 16.7 Å². The van der Waals surface area contributed by atoms with Gasteiger partial charge in [-0.15, -0.1) is 0 Å². The molecule has 0 unspecified atom stereocenters. The van der Waals surface area contributed by atoms with Crippen LogP contribution in [0, 0.1) is 4.77 Å². The van der Waals surface area contributed by atoms with Crippen LogP contribution in [0.4, 0.5) is 0 Å². The maximum absolute atomic E-state index is 5.98. The van der Waals surface area contributed by atoms with E-state index in [-0.39, 0.29) is 0 Å². The van der Waals surface area contributed by atoms with E-state index in [1.54, 1.807) is 0 Å². The number of H-pyrrole nitrogens is 1. The van der Waals surface area contributed by atoms with Gasteiger partial charge in [-0.25, -0.2) is 0 Å². The second-order valence-electron chi connectivity index (χ2n) is 4.47. The second-order valence-corrected chi connectivity index (χ2v) is 5.30. The van der Waals surface area contributed by atoms with Gasteiger partial charge in [-0.05, 0) is 36.5 Å². The van der Waals surface area contributed by atoms with Gasteiger partial charge >= 0.3 is 0 Å². The van der Waals surface area contributed by atoms with E-state index in [1.807, 2.05) is 42.2 Å². The minimum atomic E-state index is 0.709. The standard InChI is InChI=1S/C13H13ClN4S/c1-17-6-4-10(16-17)5-7-18-12-3-2-9(14)8-11(12)15-13(18)19/h2-4,6,8H,5,7H2,1H3,(H,15,19). The zero-order chi connectivity index (χ0) is 13.4. The molecule has 0 spiro atoms. The SMILES string of the molecule is Cn1ccc(CCn2c(=S)[nH]c3cc(Cl)ccc32)n1. The van der Waals surface area contributed by atoms with Gasteiger partial charge in [-0.2, -0.15) is 5.10 Å². The molecule has 0 aliphatic carbocycles. The fourth-order valence-electron chi connectivity index (χ4n) is 2.18. The molecule has 0 amide bonds. The molecular formula is C13H13ClN4S. The van der Waals surface area contributed by atoms with Crippen molar-refractivity contribution in [1.82, 2.24) is 19.3 Å². The molecule has 0 radical (unpaired) electrons. The number of fused-ring (bicyclic) bond motifs is 1. The van der Waals surface area contributed by atoms with E-state index in [0.29, 0.717) is 9.79 Å². The number of hydrogen-bond acceptors (Lipinski definition) is 2. The van der Waals surface area contributed by atoms with Crippen molar-refractivity contribution >= 4 is 34.9 Å². The topological polar surface area (TPSA) is 38.5 Å². The summed E-state index contributed by atoms with van der Waals surface area (Å²) in [6, 6.07) is 7.78. The summed E-state index contributed by atoms with van der Waals surface area (Å²) < 4.78 is 4.60. The van der Waals surface area contributed by atoms with Crippen molar-refractivity contribution in [2.45, 2.75) is 13.0 Å². The number of aromatic amines is 1. The molecule has 2 heterocycles. The quantitative estimate of drug-likeness (QED) is 0.752. The third-order valence-corrected chi connectivity index (χ3v) is 3.65. The lowest BCUT2D eigenvalue weighted by molar-refractivity contribution is 0.671. The summed E-state index contributed by atoms with van der Waals surface area (Å²) in [5, 5.41) is 5.08. The van der Waals surface area contributed by atoms with Crippen LogP contribution < -0.4 is 0 Å². The van der Waals surface area contributed by atoms with Gasteiger partial charge in [0.1, 0.15) is 0 Å². The minimum Gasteiger partial charge on any atom is -0.331 e. The number of imidazole rings is 1. The van der Waals surface area contributed by atoms with Crippen molar-refractivity contribution in [2.24, 2.45) is 7.05 Å². The van der Waals surface area contributed by atoms with E-state index in [2.05, 4.69) is 14.6 Å². The van der Waals surface area contributed by atoms with Gasteiger partial charge < -0.3 is 9.55 Å². The fourth-order valence-corrected chi connectivity index (χ4v) is 2.65. The van der Waals surface area contributed by atoms with Gasteiger partial charge in [-0.3, -0.25) is 4.68 Å². The van der Waals surface area contributed by atoms with Gasteiger partial charge in [0.2, 0.25) is 0 Å². The Hall–Kier alpha value is -1.59. The van der Waals surface area contributed by atoms with E-state index in [0.717, 1.165) is 29.7 Å². The molecule has 0 bridgehead atoms. The third-order valence-electron chi connectivity index (χ3n) is 3.10. The van der Waals surface area contributed by atoms with Gasteiger partial charge in [0.25, 0.3) is 0 Å². The van der Waals surface area contributed by atoms with Crippen molar-refractivity contribution in [3.05, 3.63) is 45.9 Å². The maximum atomic E-state index is 5.98. The summed E-state index contributed by atoms with van der Waals surface area (Å²) in [4.78, 5) is 3.18. The molecule has 0 atom stereocenters. The van der Waals surface area contributed by atoms with Crippen LogP contribution >= 0.6 is 23.8 Å². The molecule has 0 aliphatic rings. The van der Waals surface area contributed by atoms with Gasteiger partial charge in [-0.1, -0.05) is 11.6 Å². The lowest BCUT2D eigenvalue weighted by atomic mass is 10.3. The summed E-state index contributed by atoms with van der Waals surface area (Å²) in [5.41, 5.74) is 3.11. The number of rotatable bonds is 3. The molecule has 6 heteroatoms. The molecule has 1 N–H and O–H groups in total. The van der Waals surface area contributed by atoms with Crippen LogP contribution in [0.1, 0.15) is 5.69 Å². The molecular weight excluding hydrogens is 280 g/mol. The van der Waals surface area contributed by atoms with Crippen LogP contribution in [0.2, 0.25) is 5.02 Å². The van der Waals surface area contributed by atoms with E-state index in [4.69, 9.17) is 23.8 Å². The Bertz CT molecular complexity index is 783. The lowest BCUT2D eigenvalue weighted by Crippen LogP contribution is -2.02. The first kappa shape index (κ1) is 12.4. The number of hydrogen-bond donors (Lipinski definition) is 1. The van der Waals surface area contributed by atoms with E-state index in [1.165, 1.54) is 0 Å². The molecule has 98 valence electrons. The molecule has 0 fully saturated rings. The number of benzene rings is 1. The average Bonchev–Trinajstić information content (AvgIpc) is 2.89. The van der Waals surface area contributed by atoms with Gasteiger partial charge in [0, 0.05) is 31.2 Å². The van der Waals surface area contributed by atoms with Crippen LogP contribution in [0.3, 0.4) is 0 Å². The largest absolute Gasteiger partial charge is 0.331 e. The summed E-state index contributed by atoms with van der Waals surface area (Å²) in [6.45, 7) is 0.803. The van der Waals surface area contributed by atoms with E-state index >= 15 is 0 Å². The Morgan fingerprint density at radius 1 is 1.37 bits per heavy atom. The van der Waals surface area contributed by atoms with E-state index < -0.39 is 0 Å². The molecule has 0 saturated heterocycles. The Morgan fingerprint density at radius 3 is 2.95 bits per heavy atom. The Morgan fingerprint density at radius 2 is 2.21 bits per heavy atom. The minimum absolute atomic E-state index is 0.709. The highest BCUT2D eigenvalue weighted by Gasteiger charge is 2.06. The molecule has 3 aromatic rings. The number of nitrogens with one attached hydrogen (secondary N) is 1. The summed E-state index contributed by atoms with van der Waals surface area (Å²) in [7, 11) is 1.92. The summed E-state index contributed by atoms with van der Waals surface area (Å²) in [5.74, 6) is 0. The summed E-state index contributed by atoms with van der Waals surface area (Å²) >= 11 is 11.3. The predicted molar refractivity (Wildman–Crippen MR) is 79.0 cm³/mol. The van der Waals surface area contributed by atoms with Crippen LogP contribution in [0.25, 0.3) is 11.0 Å². The smallest absolute Gasteiger partial charge is 0.178 e. The van der Waals surface area contributed by atoms with Crippen LogP contribution in [0.5, 0.6) is 0 Å². The second kappa shape index (κ2) is 4.83. The van der Waals surface area contributed by atoms with Crippen LogP contribution in [0.15, 0.2) is 30.5 Å². The normalized spacial score (nSPS) is 11.3. The molecule has 4 nitrogen and oxygen atoms in total. The van der Waals surface area contributed by atoms with Crippen molar-refractivity contribution in [3.63, 3.8) is 0 Å². The number of halogens is 1. The highest BCUT2D eigenvalue weighted by Crippen LogP contribution is 2.19. The number of nitrogens with zero attached hydrogens (tertiary/aromatic N) is 3. The molecule has 3 rings (SSSR count). The maximum Gasteiger partial charge on any atom is 0.178 e. The van der Waals surface area contributed by atoms with Gasteiger partial charge in [0.15, 0.2) is 4.77 Å². The Labute approximate surface area is 120 Å². The zero-order valence-corrected chi connectivity index (χ0v) is 12.0. The molecule has 2 aromatic heterocycles. The number of aryl methyl sites for hydroxylation is 3. The predicted octanol–water partition coefficient (Wildman–Crippen LogP) is 3.33. The molecule has 0 aliphatic heterocycles. The highest BCUT2D eigenvalue weighted by atomic mass is 35.5. The Balaban J connectivity index is 1.92. The summed E-state index contributed by atoms with van der Waals surface area (Å²) in [6.07, 6.45) is 2.80. The zero-order valence-electron chi connectivity index (χ0n) is 10.4. The van der Waals surface area contributed by atoms with Crippen molar-refractivity contribution in [2.75, 3.05) is 0 Å². The first-order valence-corrected chi connectivity index (χ1v) is 6.79. The molecule has 19 heavy (non-hydrogen) atoms. The van der Waals surface area contributed by atoms with Crippen LogP contribution in [-0.4, -0.2) is 19.3 Å². The van der Waals surface area contributed by atoms with Crippen molar-refractivity contribution in [3.8, 4) is 0 Å². The number of aromatic nitrogens is 4. The first-order valence-electron chi connectivity index (χ1n) is 6.00. The third kappa shape index (κ3) is 2.43. The lowest BCUT2D eigenvalue weighted by Gasteiger charge is -2.03.